The molecule has 0 N–H and O–H groups in total. The first-order valence-electron chi connectivity index (χ1n) is 2.32. The van der Waals surface area contributed by atoms with Crippen LogP contribution in [0.1, 0.15) is 0 Å². The average molecular weight is 160 g/mol. The Balaban J connectivity index is 3.15. The van der Waals surface area contributed by atoms with E-state index in [-0.39, 0.29) is 5.15 Å². The second-order valence-corrected chi connectivity index (χ2v) is 1.79. The maximum Gasteiger partial charge on any atom is 0.401 e. The summed E-state index contributed by atoms with van der Waals surface area (Å²) >= 11 is 5.30. The highest BCUT2D eigenvalue weighted by Gasteiger charge is 2.12. The number of nitrogens with zero attached hydrogens (tertiary/aromatic N) is 3. The van der Waals surface area contributed by atoms with Crippen molar-refractivity contribution in [1.82, 2.24) is 9.97 Å². The van der Waals surface area contributed by atoms with E-state index in [1.54, 1.807) is 0 Å². The van der Waals surface area contributed by atoms with Crippen molar-refractivity contribution in [3.63, 3.8) is 0 Å². The summed E-state index contributed by atoms with van der Waals surface area (Å²) in [4.78, 5) is 16.2. The molecule has 0 bridgehead atoms. The first kappa shape index (κ1) is 6.88. The first-order valence-corrected chi connectivity index (χ1v) is 2.70. The monoisotopic (exact) mass is 159 g/mol. The predicted molar refractivity (Wildman–Crippen MR) is 33.7 cm³/mol. The van der Waals surface area contributed by atoms with Crippen molar-refractivity contribution in [1.29, 1.82) is 0 Å². The second kappa shape index (κ2) is 2.57. The van der Waals surface area contributed by atoms with E-state index >= 15 is 0 Å². The maximum atomic E-state index is 10.0. The highest BCUT2D eigenvalue weighted by molar-refractivity contribution is 6.31. The molecule has 0 aliphatic carbocycles. The van der Waals surface area contributed by atoms with Gasteiger partial charge in [0.15, 0.2) is 6.20 Å². The number of hydrogen-bond donors (Lipinski definition) is 0. The normalized spacial score (nSPS) is 9.30. The number of rotatable bonds is 1. The quantitative estimate of drug-likeness (QED) is 0.454. The lowest BCUT2D eigenvalue weighted by molar-refractivity contribution is -0.389. The summed E-state index contributed by atoms with van der Waals surface area (Å²) in [6, 6.07) is 0. The lowest BCUT2D eigenvalue weighted by Gasteiger charge is -1.90. The van der Waals surface area contributed by atoms with Crippen molar-refractivity contribution in [2.24, 2.45) is 0 Å². The van der Waals surface area contributed by atoms with Crippen molar-refractivity contribution in [3.05, 3.63) is 27.7 Å². The molecule has 0 radical (unpaired) electrons. The van der Waals surface area contributed by atoms with E-state index in [1.807, 2.05) is 0 Å². The van der Waals surface area contributed by atoms with Gasteiger partial charge in [0.2, 0.25) is 5.15 Å². The van der Waals surface area contributed by atoms with Gasteiger partial charge in [-0.2, -0.15) is 0 Å². The predicted octanol–water partition coefficient (Wildman–Crippen LogP) is 1.04. The van der Waals surface area contributed by atoms with Crippen LogP contribution >= 0.6 is 11.6 Å². The summed E-state index contributed by atoms with van der Waals surface area (Å²) < 4.78 is 0. The van der Waals surface area contributed by atoms with Crippen LogP contribution in [0.2, 0.25) is 5.15 Å². The van der Waals surface area contributed by atoms with Gasteiger partial charge in [0.1, 0.15) is 0 Å². The van der Waals surface area contributed by atoms with Crippen molar-refractivity contribution >= 4 is 17.4 Å². The largest absolute Gasteiger partial charge is 0.401 e. The molecular formula is C4H2ClN3O2. The lowest BCUT2D eigenvalue weighted by atomic mass is 10.7. The van der Waals surface area contributed by atoms with Gasteiger partial charge in [0.25, 0.3) is 0 Å². The fraction of sp³-hybridized carbons (Fsp3) is 0. The molecule has 6 heteroatoms. The number of nitro groups is 1. The summed E-state index contributed by atoms with van der Waals surface area (Å²) in [5, 5.41) is 9.85. The molecule has 0 saturated heterocycles. The van der Waals surface area contributed by atoms with E-state index < -0.39 is 10.7 Å². The van der Waals surface area contributed by atoms with Crippen molar-refractivity contribution in [2.75, 3.05) is 0 Å². The van der Waals surface area contributed by atoms with Crippen LogP contribution in [0.4, 0.5) is 5.82 Å². The van der Waals surface area contributed by atoms with Gasteiger partial charge in [-0.25, -0.2) is 4.98 Å². The topological polar surface area (TPSA) is 68.9 Å². The van der Waals surface area contributed by atoms with Crippen LogP contribution in [-0.2, 0) is 0 Å². The molecule has 0 fully saturated rings. The highest BCUT2D eigenvalue weighted by Crippen LogP contribution is 2.15. The first-order chi connectivity index (χ1) is 4.72. The Kier molecular flexibility index (Phi) is 1.77. The van der Waals surface area contributed by atoms with Gasteiger partial charge in [-0.3, -0.25) is 0 Å². The lowest BCUT2D eigenvalue weighted by Crippen LogP contribution is -1.93. The van der Waals surface area contributed by atoms with Crippen LogP contribution in [0.15, 0.2) is 12.4 Å². The van der Waals surface area contributed by atoms with E-state index in [1.165, 1.54) is 12.4 Å². The van der Waals surface area contributed by atoms with Crippen molar-refractivity contribution < 1.29 is 4.92 Å². The third kappa shape index (κ3) is 1.19. The van der Waals surface area contributed by atoms with E-state index in [0.717, 1.165) is 0 Å². The SMILES string of the molecule is O=[N+]([O-])c1nccnc1Cl. The summed E-state index contributed by atoms with van der Waals surface area (Å²) in [5.41, 5.74) is 0. The molecule has 0 atom stereocenters. The summed E-state index contributed by atoms with van der Waals surface area (Å²) in [6.07, 6.45) is 2.50. The van der Waals surface area contributed by atoms with Gasteiger partial charge in [0, 0.05) is 0 Å². The molecule has 1 heterocycles. The van der Waals surface area contributed by atoms with Crippen molar-refractivity contribution in [3.8, 4) is 0 Å². The Hall–Kier alpha value is -1.23. The number of hydrogen-bond acceptors (Lipinski definition) is 4. The third-order valence-electron chi connectivity index (χ3n) is 0.809. The van der Waals surface area contributed by atoms with Crippen LogP contribution in [-0.4, -0.2) is 14.9 Å². The van der Waals surface area contributed by atoms with Gasteiger partial charge in [-0.05, 0) is 9.91 Å². The van der Waals surface area contributed by atoms with Gasteiger partial charge in [-0.1, -0.05) is 11.6 Å². The minimum Gasteiger partial charge on any atom is -0.358 e. The Morgan fingerprint density at radius 2 is 2.10 bits per heavy atom. The molecule has 0 aliphatic rings. The van der Waals surface area contributed by atoms with Gasteiger partial charge >= 0.3 is 5.82 Å². The molecule has 5 nitrogen and oxygen atoms in total. The Morgan fingerprint density at radius 1 is 1.50 bits per heavy atom. The fourth-order valence-electron chi connectivity index (χ4n) is 0.436. The Labute approximate surface area is 60.8 Å². The summed E-state index contributed by atoms with van der Waals surface area (Å²) in [5.74, 6) is -0.413. The molecule has 52 valence electrons. The van der Waals surface area contributed by atoms with Gasteiger partial charge in [-0.15, -0.1) is 0 Å². The standard InChI is InChI=1S/C4H2ClN3O2/c5-3-4(8(9)10)7-2-1-6-3/h1-2H. The van der Waals surface area contributed by atoms with Gasteiger partial charge < -0.3 is 10.1 Å². The average Bonchev–Trinajstić information content (AvgIpc) is 1.88. The summed E-state index contributed by atoms with van der Waals surface area (Å²) in [7, 11) is 0. The van der Waals surface area contributed by atoms with E-state index in [4.69, 9.17) is 11.6 Å². The zero-order valence-corrected chi connectivity index (χ0v) is 5.45. The van der Waals surface area contributed by atoms with E-state index in [0.29, 0.717) is 0 Å². The molecule has 0 amide bonds. The van der Waals surface area contributed by atoms with Crippen LogP contribution in [0.25, 0.3) is 0 Å². The third-order valence-corrected chi connectivity index (χ3v) is 1.08. The van der Waals surface area contributed by atoms with Crippen LogP contribution < -0.4 is 0 Å². The molecule has 0 unspecified atom stereocenters. The molecule has 1 aromatic heterocycles. The Morgan fingerprint density at radius 3 is 2.50 bits per heavy atom. The van der Waals surface area contributed by atoms with Crippen LogP contribution in [0, 0.1) is 10.1 Å². The minimum absolute atomic E-state index is 0.187. The smallest absolute Gasteiger partial charge is 0.358 e. The van der Waals surface area contributed by atoms with E-state index in [9.17, 15) is 10.1 Å². The molecule has 0 aromatic carbocycles. The van der Waals surface area contributed by atoms with Gasteiger partial charge in [0.05, 0.1) is 6.20 Å². The van der Waals surface area contributed by atoms with Crippen LogP contribution in [0.3, 0.4) is 0 Å². The molecule has 0 aliphatic heterocycles. The molecule has 10 heavy (non-hydrogen) atoms. The highest BCUT2D eigenvalue weighted by atomic mass is 35.5. The zero-order chi connectivity index (χ0) is 7.56. The second-order valence-electron chi connectivity index (χ2n) is 1.43. The number of aromatic nitrogens is 2. The van der Waals surface area contributed by atoms with Crippen LogP contribution in [0.5, 0.6) is 0 Å². The molecule has 1 aromatic rings. The Bertz CT molecular complexity index is 264. The van der Waals surface area contributed by atoms with Crippen molar-refractivity contribution in [2.45, 2.75) is 0 Å². The molecule has 0 spiro atoms. The van der Waals surface area contributed by atoms with E-state index in [2.05, 4.69) is 9.97 Å². The molecular weight excluding hydrogens is 158 g/mol. The minimum atomic E-state index is -0.685. The fourth-order valence-corrected chi connectivity index (χ4v) is 0.610. The maximum absolute atomic E-state index is 10.0. The molecule has 0 saturated carbocycles. The zero-order valence-electron chi connectivity index (χ0n) is 4.69. The summed E-state index contributed by atoms with van der Waals surface area (Å²) in [6.45, 7) is 0. The molecule has 1 rings (SSSR count). The number of halogens is 1.